The molecule has 0 bridgehead atoms. The first-order valence-corrected chi connectivity index (χ1v) is 5.34. The summed E-state index contributed by atoms with van der Waals surface area (Å²) in [6.07, 6.45) is 4.35. The van der Waals surface area contributed by atoms with Gasteiger partial charge in [0, 0.05) is 5.56 Å². The maximum absolute atomic E-state index is 13.6. The highest BCUT2D eigenvalue weighted by Gasteiger charge is 2.17. The smallest absolute Gasteiger partial charge is 0.187 e. The number of benzene rings is 2. The summed E-state index contributed by atoms with van der Waals surface area (Å²) in [7, 11) is 0. The van der Waals surface area contributed by atoms with Crippen LogP contribution < -0.4 is 4.74 Å². The molecule has 0 aliphatic carbocycles. The number of halogens is 2. The third-order valence-corrected chi connectivity index (χ3v) is 2.41. The summed E-state index contributed by atoms with van der Waals surface area (Å²) in [5, 5.41) is 0. The molecule has 2 rings (SSSR count). The molecule has 0 aliphatic heterocycles. The molecule has 1 nitrogen and oxygen atoms in total. The monoisotopic (exact) mass is 244 g/mol. The highest BCUT2D eigenvalue weighted by atomic mass is 19.2. The fourth-order valence-corrected chi connectivity index (χ4v) is 1.55. The van der Waals surface area contributed by atoms with Gasteiger partial charge in [-0.05, 0) is 18.2 Å². The summed E-state index contributed by atoms with van der Waals surface area (Å²) in [6.45, 7) is 0. The zero-order chi connectivity index (χ0) is 13.0. The van der Waals surface area contributed by atoms with E-state index in [1.54, 1.807) is 24.3 Å². The molecule has 0 radical (unpaired) electrons. The maximum Gasteiger partial charge on any atom is 0.187 e. The van der Waals surface area contributed by atoms with Crippen LogP contribution in [0.3, 0.4) is 0 Å². The second-order valence-electron chi connectivity index (χ2n) is 3.62. The van der Waals surface area contributed by atoms with E-state index in [2.05, 4.69) is 5.92 Å². The molecule has 0 N–H and O–H groups in total. The van der Waals surface area contributed by atoms with Crippen molar-refractivity contribution < 1.29 is 13.5 Å². The third-order valence-electron chi connectivity index (χ3n) is 2.41. The molecule has 0 fully saturated rings. The van der Waals surface area contributed by atoms with Crippen molar-refractivity contribution in [1.82, 2.24) is 0 Å². The molecular weight excluding hydrogens is 234 g/mol. The van der Waals surface area contributed by atoms with Gasteiger partial charge in [-0.25, -0.2) is 8.78 Å². The molecular formula is C15H10F2O. The van der Waals surface area contributed by atoms with Gasteiger partial charge in [0.15, 0.2) is 17.7 Å². The van der Waals surface area contributed by atoms with Crippen molar-refractivity contribution in [2.24, 2.45) is 0 Å². The van der Waals surface area contributed by atoms with Crippen molar-refractivity contribution in [1.29, 1.82) is 0 Å². The first-order valence-electron chi connectivity index (χ1n) is 5.34. The highest BCUT2D eigenvalue weighted by molar-refractivity contribution is 5.30. The van der Waals surface area contributed by atoms with Gasteiger partial charge in [0.05, 0.1) is 0 Å². The van der Waals surface area contributed by atoms with Crippen LogP contribution in [0.15, 0.2) is 48.5 Å². The van der Waals surface area contributed by atoms with Crippen LogP contribution in [-0.2, 0) is 0 Å². The van der Waals surface area contributed by atoms with E-state index in [9.17, 15) is 8.78 Å². The molecule has 3 heteroatoms. The lowest BCUT2D eigenvalue weighted by Gasteiger charge is -2.14. The Morgan fingerprint density at radius 3 is 2.39 bits per heavy atom. The number of ether oxygens (including phenoxy) is 1. The van der Waals surface area contributed by atoms with Gasteiger partial charge in [-0.2, -0.15) is 0 Å². The van der Waals surface area contributed by atoms with Crippen molar-refractivity contribution in [2.45, 2.75) is 6.10 Å². The average molecular weight is 244 g/mol. The SMILES string of the molecule is C#CC(Oc1ccccc1)c1cccc(F)c1F. The molecule has 90 valence electrons. The van der Waals surface area contributed by atoms with E-state index in [0.29, 0.717) is 5.75 Å². The Bertz CT molecular complexity index is 573. The van der Waals surface area contributed by atoms with E-state index >= 15 is 0 Å². The summed E-state index contributed by atoms with van der Waals surface area (Å²) in [5.41, 5.74) is 0.0151. The van der Waals surface area contributed by atoms with Crippen molar-refractivity contribution >= 4 is 0 Å². The molecule has 1 unspecified atom stereocenters. The van der Waals surface area contributed by atoms with Crippen LogP contribution in [-0.4, -0.2) is 0 Å². The van der Waals surface area contributed by atoms with E-state index in [1.165, 1.54) is 12.1 Å². The number of rotatable bonds is 3. The van der Waals surface area contributed by atoms with E-state index in [1.807, 2.05) is 6.07 Å². The summed E-state index contributed by atoms with van der Waals surface area (Å²) < 4.78 is 32.1. The van der Waals surface area contributed by atoms with E-state index in [-0.39, 0.29) is 5.56 Å². The van der Waals surface area contributed by atoms with E-state index in [4.69, 9.17) is 11.2 Å². The Balaban J connectivity index is 2.30. The molecule has 0 spiro atoms. The Morgan fingerprint density at radius 2 is 1.72 bits per heavy atom. The fourth-order valence-electron chi connectivity index (χ4n) is 1.55. The van der Waals surface area contributed by atoms with E-state index in [0.717, 1.165) is 6.07 Å². The number of hydrogen-bond donors (Lipinski definition) is 0. The van der Waals surface area contributed by atoms with Gasteiger partial charge in [0.1, 0.15) is 5.75 Å². The number of para-hydroxylation sites is 1. The normalized spacial score (nSPS) is 11.6. The predicted octanol–water partition coefficient (Wildman–Crippen LogP) is 3.72. The Labute approximate surface area is 104 Å². The number of hydrogen-bond acceptors (Lipinski definition) is 1. The van der Waals surface area contributed by atoms with Gasteiger partial charge >= 0.3 is 0 Å². The highest BCUT2D eigenvalue weighted by Crippen LogP contribution is 2.24. The molecule has 0 amide bonds. The van der Waals surface area contributed by atoms with Gasteiger partial charge in [-0.1, -0.05) is 36.3 Å². The van der Waals surface area contributed by atoms with E-state index < -0.39 is 17.7 Å². The van der Waals surface area contributed by atoms with Gasteiger partial charge in [0.2, 0.25) is 0 Å². The lowest BCUT2D eigenvalue weighted by Crippen LogP contribution is -2.08. The Hall–Kier alpha value is -2.34. The van der Waals surface area contributed by atoms with Crippen molar-refractivity contribution in [3.8, 4) is 18.1 Å². The first-order chi connectivity index (χ1) is 8.72. The largest absolute Gasteiger partial charge is 0.473 e. The molecule has 2 aromatic carbocycles. The van der Waals surface area contributed by atoms with Crippen LogP contribution in [0, 0.1) is 24.0 Å². The van der Waals surface area contributed by atoms with Crippen molar-refractivity contribution in [2.75, 3.05) is 0 Å². The summed E-state index contributed by atoms with van der Waals surface area (Å²) in [6, 6.07) is 12.6. The third kappa shape index (κ3) is 2.49. The zero-order valence-corrected chi connectivity index (χ0v) is 9.44. The predicted molar refractivity (Wildman–Crippen MR) is 65.0 cm³/mol. The van der Waals surface area contributed by atoms with Crippen LogP contribution in [0.5, 0.6) is 5.75 Å². The quantitative estimate of drug-likeness (QED) is 0.748. The first kappa shape index (κ1) is 12.1. The van der Waals surface area contributed by atoms with Crippen molar-refractivity contribution in [3.63, 3.8) is 0 Å². The van der Waals surface area contributed by atoms with Gasteiger partial charge in [0.25, 0.3) is 0 Å². The number of terminal acetylenes is 1. The van der Waals surface area contributed by atoms with Crippen LogP contribution in [0.2, 0.25) is 0 Å². The molecule has 1 atom stereocenters. The standard InChI is InChI=1S/C15H10F2O/c1-2-14(18-11-7-4-3-5-8-11)12-9-6-10-13(16)15(12)17/h1,3-10,14H. The van der Waals surface area contributed by atoms with Crippen LogP contribution in [0.1, 0.15) is 11.7 Å². The van der Waals surface area contributed by atoms with Crippen LogP contribution >= 0.6 is 0 Å². The van der Waals surface area contributed by atoms with Crippen LogP contribution in [0.4, 0.5) is 8.78 Å². The fraction of sp³-hybridized carbons (Fsp3) is 0.0667. The molecule has 0 heterocycles. The minimum atomic E-state index is -0.976. The molecule has 0 saturated carbocycles. The second-order valence-corrected chi connectivity index (χ2v) is 3.62. The molecule has 18 heavy (non-hydrogen) atoms. The average Bonchev–Trinajstić information content (AvgIpc) is 2.41. The van der Waals surface area contributed by atoms with Gasteiger partial charge < -0.3 is 4.74 Å². The maximum atomic E-state index is 13.6. The molecule has 0 aromatic heterocycles. The van der Waals surface area contributed by atoms with Crippen LogP contribution in [0.25, 0.3) is 0 Å². The minimum Gasteiger partial charge on any atom is -0.473 e. The Morgan fingerprint density at radius 1 is 1.00 bits per heavy atom. The summed E-state index contributed by atoms with van der Waals surface area (Å²) in [4.78, 5) is 0. The second kappa shape index (κ2) is 5.33. The Kier molecular flexibility index (Phi) is 3.59. The molecule has 0 saturated heterocycles. The molecule has 2 aromatic rings. The van der Waals surface area contributed by atoms with Crippen molar-refractivity contribution in [3.05, 3.63) is 65.7 Å². The zero-order valence-electron chi connectivity index (χ0n) is 9.44. The lowest BCUT2D eigenvalue weighted by atomic mass is 10.1. The lowest BCUT2D eigenvalue weighted by molar-refractivity contribution is 0.257. The molecule has 0 aliphatic rings. The summed E-state index contributed by atoms with van der Waals surface area (Å²) >= 11 is 0. The topological polar surface area (TPSA) is 9.23 Å². The van der Waals surface area contributed by atoms with Gasteiger partial charge in [-0.15, -0.1) is 6.42 Å². The van der Waals surface area contributed by atoms with Gasteiger partial charge in [-0.3, -0.25) is 0 Å². The summed E-state index contributed by atoms with van der Waals surface area (Å²) in [5.74, 6) is 0.894. The minimum absolute atomic E-state index is 0.0151.